The van der Waals surface area contributed by atoms with Gasteiger partial charge in [0.15, 0.2) is 0 Å². The quantitative estimate of drug-likeness (QED) is 0.329. The zero-order valence-electron chi connectivity index (χ0n) is 8.32. The first-order valence-electron chi connectivity index (χ1n) is 4.39. The summed E-state index contributed by atoms with van der Waals surface area (Å²) < 4.78 is 44.6. The fraction of sp³-hybridized carbons (Fsp3) is 0.857. The summed E-state index contributed by atoms with van der Waals surface area (Å²) in [6.07, 6.45) is -4.18. The number of carboxylic acid groups (broad SMARTS) is 1. The molecule has 16 heavy (non-hydrogen) atoms. The summed E-state index contributed by atoms with van der Waals surface area (Å²) in [5, 5.41) is 10.3. The fourth-order valence-electron chi connectivity index (χ4n) is 1.46. The van der Waals surface area contributed by atoms with Crippen LogP contribution in [0.3, 0.4) is 0 Å². The van der Waals surface area contributed by atoms with Crippen molar-refractivity contribution in [2.75, 3.05) is 13.2 Å². The largest absolute Gasteiger partial charge is 0.726 e. The van der Waals surface area contributed by atoms with E-state index >= 15 is 0 Å². The second-order valence-electron chi connectivity index (χ2n) is 3.39. The Kier molecular flexibility index (Phi) is 4.08. The molecule has 3 atom stereocenters. The van der Waals surface area contributed by atoms with Gasteiger partial charge in [-0.05, 0) is 0 Å². The molecule has 1 unspecified atom stereocenters. The number of carbonyl (C=O) groups is 1. The molecular formula is C7H10O8S-2. The van der Waals surface area contributed by atoms with Gasteiger partial charge in [0.25, 0.3) is 6.16 Å². The molecule has 0 bridgehead atoms. The second-order valence-corrected chi connectivity index (χ2v) is 4.40. The molecule has 1 aliphatic rings. The maximum absolute atomic E-state index is 10.4. The van der Waals surface area contributed by atoms with Gasteiger partial charge < -0.3 is 23.9 Å². The molecule has 1 saturated heterocycles. The van der Waals surface area contributed by atoms with E-state index in [2.05, 4.69) is 8.92 Å². The molecule has 1 heterocycles. The van der Waals surface area contributed by atoms with Crippen molar-refractivity contribution in [3.8, 4) is 0 Å². The van der Waals surface area contributed by atoms with Gasteiger partial charge in [-0.25, -0.2) is 8.42 Å². The van der Waals surface area contributed by atoms with Crippen molar-refractivity contribution in [1.29, 1.82) is 0 Å². The van der Waals surface area contributed by atoms with E-state index in [1.54, 1.807) is 6.92 Å². The summed E-state index contributed by atoms with van der Waals surface area (Å²) >= 11 is 0. The maximum Gasteiger partial charge on any atom is 0.252 e. The molecule has 0 amide bonds. The predicted molar refractivity (Wildman–Crippen MR) is 44.8 cm³/mol. The van der Waals surface area contributed by atoms with Crippen LogP contribution in [0.15, 0.2) is 0 Å². The lowest BCUT2D eigenvalue weighted by Crippen LogP contribution is -2.49. The highest BCUT2D eigenvalue weighted by atomic mass is 32.3. The molecule has 0 aromatic rings. The highest BCUT2D eigenvalue weighted by Crippen LogP contribution is 2.21. The predicted octanol–water partition coefficient (Wildman–Crippen LogP) is -1.77. The number of ether oxygens (including phenoxy) is 2. The van der Waals surface area contributed by atoms with Crippen LogP contribution in [-0.2, 0) is 24.1 Å². The summed E-state index contributed by atoms with van der Waals surface area (Å²) in [6, 6.07) is 0. The Balaban J connectivity index is 2.74. The molecule has 0 N–H and O–H groups in total. The van der Waals surface area contributed by atoms with Gasteiger partial charge in [-0.15, -0.1) is 0 Å². The highest BCUT2D eigenvalue weighted by Gasteiger charge is 2.33. The van der Waals surface area contributed by atoms with Crippen molar-refractivity contribution in [3.05, 3.63) is 0 Å². The Morgan fingerprint density at radius 3 is 2.56 bits per heavy atom. The van der Waals surface area contributed by atoms with Crippen LogP contribution in [0.2, 0.25) is 0 Å². The van der Waals surface area contributed by atoms with E-state index in [1.165, 1.54) is 0 Å². The van der Waals surface area contributed by atoms with Crippen molar-refractivity contribution in [2.24, 2.45) is 5.92 Å². The minimum atomic E-state index is -4.94. The molecule has 0 aromatic heterocycles. The van der Waals surface area contributed by atoms with Crippen molar-refractivity contribution in [3.63, 3.8) is 0 Å². The molecular weight excluding hydrogens is 244 g/mol. The van der Waals surface area contributed by atoms with Crippen LogP contribution in [0, 0.1) is 5.92 Å². The minimum Gasteiger partial charge on any atom is -0.726 e. The number of rotatable bonds is 3. The van der Waals surface area contributed by atoms with E-state index in [9.17, 15) is 22.9 Å². The summed E-state index contributed by atoms with van der Waals surface area (Å²) in [5.74, 6) is -0.432. The molecule has 9 heteroatoms. The monoisotopic (exact) mass is 254 g/mol. The van der Waals surface area contributed by atoms with Crippen LogP contribution in [0.5, 0.6) is 0 Å². The lowest BCUT2D eigenvalue weighted by molar-refractivity contribution is -0.296. The van der Waals surface area contributed by atoms with Gasteiger partial charge in [-0.3, -0.25) is 4.18 Å². The van der Waals surface area contributed by atoms with Crippen molar-refractivity contribution in [2.45, 2.75) is 19.1 Å². The smallest absolute Gasteiger partial charge is 0.252 e. The van der Waals surface area contributed by atoms with Gasteiger partial charge >= 0.3 is 0 Å². The summed E-state index contributed by atoms with van der Waals surface area (Å²) in [6.45, 7) is 1.51. The zero-order valence-corrected chi connectivity index (χ0v) is 9.14. The van der Waals surface area contributed by atoms with Gasteiger partial charge in [-0.2, -0.15) is 0 Å². The van der Waals surface area contributed by atoms with Crippen LogP contribution in [0.1, 0.15) is 6.92 Å². The van der Waals surface area contributed by atoms with Gasteiger partial charge in [0.2, 0.25) is 10.4 Å². The van der Waals surface area contributed by atoms with Crippen LogP contribution < -0.4 is 5.11 Å². The second kappa shape index (κ2) is 4.95. The molecule has 1 rings (SSSR count). The zero-order chi connectivity index (χ0) is 12.3. The van der Waals surface area contributed by atoms with Gasteiger partial charge in [0.05, 0.1) is 19.3 Å². The first kappa shape index (κ1) is 13.2. The van der Waals surface area contributed by atoms with Gasteiger partial charge in [0.1, 0.15) is 6.10 Å². The Labute approximate surface area is 92.1 Å². The summed E-state index contributed by atoms with van der Waals surface area (Å²) in [7, 11) is -4.94. The van der Waals surface area contributed by atoms with Crippen molar-refractivity contribution >= 4 is 16.6 Å². The first-order valence-corrected chi connectivity index (χ1v) is 5.72. The lowest BCUT2D eigenvalue weighted by atomic mass is 9.98. The van der Waals surface area contributed by atoms with E-state index in [-0.39, 0.29) is 13.2 Å². The third kappa shape index (κ3) is 3.93. The lowest BCUT2D eigenvalue weighted by Gasteiger charge is -2.38. The molecule has 8 nitrogen and oxygen atoms in total. The van der Waals surface area contributed by atoms with E-state index in [1.807, 2.05) is 0 Å². The van der Waals surface area contributed by atoms with Gasteiger partial charge in [-0.1, -0.05) is 6.92 Å². The number of hydrogen-bond acceptors (Lipinski definition) is 8. The number of hydrogen-bond donors (Lipinski definition) is 0. The number of carbonyl (C=O) groups excluding carboxylic acids is 1. The van der Waals surface area contributed by atoms with Crippen LogP contribution in [-0.4, -0.2) is 44.5 Å². The SMILES string of the molecule is C[C@H]1COCC(OS(=O)(=O)[O-])[C@H]1OC(=O)[O-]. The van der Waals surface area contributed by atoms with E-state index in [0.29, 0.717) is 0 Å². The van der Waals surface area contributed by atoms with Crippen LogP contribution in [0.4, 0.5) is 4.79 Å². The summed E-state index contributed by atoms with van der Waals surface area (Å²) in [4.78, 5) is 10.3. The molecule has 94 valence electrons. The Morgan fingerprint density at radius 1 is 1.44 bits per heavy atom. The van der Waals surface area contributed by atoms with E-state index < -0.39 is 34.7 Å². The van der Waals surface area contributed by atoms with Crippen molar-refractivity contribution in [1.82, 2.24) is 0 Å². The molecule has 0 aliphatic carbocycles. The third-order valence-electron chi connectivity index (χ3n) is 2.06. The summed E-state index contributed by atoms with van der Waals surface area (Å²) in [5.41, 5.74) is 0. The van der Waals surface area contributed by atoms with E-state index in [0.717, 1.165) is 0 Å². The molecule has 0 aromatic carbocycles. The molecule has 0 spiro atoms. The molecule has 0 saturated carbocycles. The average Bonchev–Trinajstić information content (AvgIpc) is 2.08. The maximum atomic E-state index is 10.4. The Hall–Kier alpha value is -0.900. The first-order chi connectivity index (χ1) is 7.29. The normalized spacial score (nSPS) is 31.0. The van der Waals surface area contributed by atoms with Crippen molar-refractivity contribution < 1.29 is 36.5 Å². The Bertz CT molecular complexity index is 349. The highest BCUT2D eigenvalue weighted by molar-refractivity contribution is 7.80. The average molecular weight is 254 g/mol. The standard InChI is InChI=1S/C7H12O8S/c1-4-2-13-3-5(15-16(10,11)12)6(4)14-7(8)9/h4-6H,2-3H2,1H3,(H,8,9)(H,10,11,12)/p-2/t4-,5?,6-/m0/s1. The van der Waals surface area contributed by atoms with E-state index in [4.69, 9.17) is 4.74 Å². The molecule has 1 aliphatic heterocycles. The minimum absolute atomic E-state index is 0.177. The Morgan fingerprint density at radius 2 is 2.06 bits per heavy atom. The van der Waals surface area contributed by atoms with Gasteiger partial charge in [0, 0.05) is 5.92 Å². The van der Waals surface area contributed by atoms with Crippen LogP contribution in [0.25, 0.3) is 0 Å². The molecule has 1 fully saturated rings. The third-order valence-corrected chi connectivity index (χ3v) is 2.55. The topological polar surface area (TPSA) is 125 Å². The molecule has 0 radical (unpaired) electrons. The fourth-order valence-corrected chi connectivity index (χ4v) is 1.93. The van der Waals surface area contributed by atoms with Crippen LogP contribution >= 0.6 is 0 Å².